The van der Waals surface area contributed by atoms with Crippen molar-refractivity contribution in [2.75, 3.05) is 6.54 Å². The van der Waals surface area contributed by atoms with E-state index in [2.05, 4.69) is 15.6 Å². The van der Waals surface area contributed by atoms with Crippen LogP contribution in [0, 0.1) is 12.7 Å². The van der Waals surface area contributed by atoms with Gasteiger partial charge in [0.2, 0.25) is 11.8 Å². The van der Waals surface area contributed by atoms with E-state index in [1.54, 1.807) is 12.1 Å². The van der Waals surface area contributed by atoms with E-state index in [1.165, 1.54) is 12.1 Å². The molecule has 0 bridgehead atoms. The van der Waals surface area contributed by atoms with E-state index in [9.17, 15) is 14.0 Å². The Labute approximate surface area is 185 Å². The summed E-state index contributed by atoms with van der Waals surface area (Å²) in [6, 6.07) is 13.4. The van der Waals surface area contributed by atoms with Gasteiger partial charge in [0.25, 0.3) is 0 Å². The number of aromatic nitrogens is 1. The van der Waals surface area contributed by atoms with E-state index in [4.69, 9.17) is 11.6 Å². The van der Waals surface area contributed by atoms with Crippen molar-refractivity contribution in [1.29, 1.82) is 0 Å². The van der Waals surface area contributed by atoms with Crippen LogP contribution >= 0.6 is 11.6 Å². The van der Waals surface area contributed by atoms with Gasteiger partial charge in [-0.1, -0.05) is 23.7 Å². The van der Waals surface area contributed by atoms with Crippen LogP contribution in [0.25, 0.3) is 22.5 Å². The van der Waals surface area contributed by atoms with Crippen LogP contribution in [0.4, 0.5) is 4.39 Å². The van der Waals surface area contributed by atoms with Crippen molar-refractivity contribution < 1.29 is 14.0 Å². The number of aromatic amines is 1. The molecule has 2 amide bonds. The molecule has 1 unspecified atom stereocenters. The van der Waals surface area contributed by atoms with Crippen LogP contribution in [0.15, 0.2) is 48.5 Å². The molecule has 1 aliphatic heterocycles. The van der Waals surface area contributed by atoms with Gasteiger partial charge in [0.1, 0.15) is 11.9 Å². The van der Waals surface area contributed by atoms with Crippen LogP contribution in [0.2, 0.25) is 5.02 Å². The van der Waals surface area contributed by atoms with Crippen molar-refractivity contribution in [2.24, 2.45) is 0 Å². The maximum Gasteiger partial charge on any atom is 0.242 e. The zero-order chi connectivity index (χ0) is 22.0. The molecule has 1 aliphatic rings. The average molecular weight is 440 g/mol. The molecule has 3 N–H and O–H groups in total. The van der Waals surface area contributed by atoms with Gasteiger partial charge in [0.05, 0.1) is 0 Å². The van der Waals surface area contributed by atoms with Crippen LogP contribution in [0.5, 0.6) is 0 Å². The first-order valence-corrected chi connectivity index (χ1v) is 10.6. The van der Waals surface area contributed by atoms with Crippen molar-refractivity contribution >= 4 is 23.4 Å². The number of benzene rings is 2. The van der Waals surface area contributed by atoms with E-state index in [0.717, 1.165) is 33.6 Å². The molecule has 0 spiro atoms. The third kappa shape index (κ3) is 4.64. The number of nitrogens with one attached hydrogen (secondary N) is 3. The molecular formula is C24H23ClFN3O2. The van der Waals surface area contributed by atoms with Gasteiger partial charge in [-0.15, -0.1) is 0 Å². The molecule has 160 valence electrons. The second kappa shape index (κ2) is 8.94. The second-order valence-corrected chi connectivity index (χ2v) is 8.13. The first kappa shape index (κ1) is 21.1. The smallest absolute Gasteiger partial charge is 0.242 e. The SMILES string of the molecule is Cc1c(-c2ccc(F)cc2)[nH]c(-c2ccc(Cl)cc2)c1CCC(=O)NC1CCNC1=O. The first-order valence-electron chi connectivity index (χ1n) is 10.2. The summed E-state index contributed by atoms with van der Waals surface area (Å²) in [5, 5.41) is 6.17. The lowest BCUT2D eigenvalue weighted by atomic mass is 9.98. The van der Waals surface area contributed by atoms with Crippen LogP contribution in [-0.2, 0) is 16.0 Å². The highest BCUT2D eigenvalue weighted by Crippen LogP contribution is 2.34. The fourth-order valence-electron chi connectivity index (χ4n) is 3.95. The van der Waals surface area contributed by atoms with Gasteiger partial charge in [-0.3, -0.25) is 9.59 Å². The summed E-state index contributed by atoms with van der Waals surface area (Å²) in [6.45, 7) is 2.58. The Morgan fingerprint density at radius 1 is 1.10 bits per heavy atom. The molecule has 1 aromatic heterocycles. The molecule has 1 atom stereocenters. The molecule has 5 nitrogen and oxygen atoms in total. The highest BCUT2D eigenvalue weighted by Gasteiger charge is 2.26. The van der Waals surface area contributed by atoms with Crippen LogP contribution in [0.3, 0.4) is 0 Å². The lowest BCUT2D eigenvalue weighted by Crippen LogP contribution is -2.40. The number of carbonyl (C=O) groups excluding carboxylic acids is 2. The number of H-pyrrole nitrogens is 1. The van der Waals surface area contributed by atoms with Gasteiger partial charge in [-0.25, -0.2) is 4.39 Å². The zero-order valence-corrected chi connectivity index (χ0v) is 17.9. The number of halogens is 2. The minimum Gasteiger partial charge on any atom is -0.354 e. The molecule has 1 saturated heterocycles. The maximum atomic E-state index is 13.4. The van der Waals surface area contributed by atoms with E-state index in [1.807, 2.05) is 31.2 Å². The van der Waals surface area contributed by atoms with Crippen molar-refractivity contribution in [3.05, 3.63) is 70.5 Å². The van der Waals surface area contributed by atoms with E-state index < -0.39 is 6.04 Å². The monoisotopic (exact) mass is 439 g/mol. The number of rotatable bonds is 6. The largest absolute Gasteiger partial charge is 0.354 e. The second-order valence-electron chi connectivity index (χ2n) is 7.69. The van der Waals surface area contributed by atoms with Crippen molar-refractivity contribution in [2.45, 2.75) is 32.2 Å². The Balaban J connectivity index is 1.62. The van der Waals surface area contributed by atoms with Crippen molar-refractivity contribution in [1.82, 2.24) is 15.6 Å². The van der Waals surface area contributed by atoms with Gasteiger partial charge in [0.15, 0.2) is 0 Å². The lowest BCUT2D eigenvalue weighted by Gasteiger charge is -2.11. The predicted molar refractivity (Wildman–Crippen MR) is 119 cm³/mol. The summed E-state index contributed by atoms with van der Waals surface area (Å²) >= 11 is 6.05. The highest BCUT2D eigenvalue weighted by atomic mass is 35.5. The summed E-state index contributed by atoms with van der Waals surface area (Å²) in [5.41, 5.74) is 5.62. The minimum absolute atomic E-state index is 0.133. The third-order valence-electron chi connectivity index (χ3n) is 5.63. The maximum absolute atomic E-state index is 13.4. The Hall–Kier alpha value is -3.12. The molecule has 4 rings (SSSR count). The summed E-state index contributed by atoms with van der Waals surface area (Å²) < 4.78 is 13.4. The molecule has 7 heteroatoms. The molecule has 3 aromatic rings. The van der Waals surface area contributed by atoms with Gasteiger partial charge in [-0.2, -0.15) is 0 Å². The average Bonchev–Trinajstić information content (AvgIpc) is 3.30. The van der Waals surface area contributed by atoms with Crippen molar-refractivity contribution in [3.8, 4) is 22.5 Å². The Morgan fingerprint density at radius 2 is 1.74 bits per heavy atom. The molecule has 0 aliphatic carbocycles. The number of hydrogen-bond donors (Lipinski definition) is 3. The predicted octanol–water partition coefficient (Wildman–Crippen LogP) is 4.39. The minimum atomic E-state index is -0.453. The number of carbonyl (C=O) groups is 2. The normalized spacial score (nSPS) is 15.7. The molecule has 0 radical (unpaired) electrons. The standard InChI is InChI=1S/C24H23ClFN3O2/c1-14-19(10-11-21(30)28-20-12-13-27-24(20)31)23(16-2-6-17(25)7-3-16)29-22(14)15-4-8-18(26)9-5-15/h2-9,20,29H,10-13H2,1H3,(H,27,31)(H,28,30). The highest BCUT2D eigenvalue weighted by molar-refractivity contribution is 6.30. The molecule has 2 heterocycles. The molecule has 1 fully saturated rings. The third-order valence-corrected chi connectivity index (χ3v) is 5.88. The van der Waals surface area contributed by atoms with Crippen LogP contribution in [0.1, 0.15) is 24.0 Å². The molecular weight excluding hydrogens is 417 g/mol. The fourth-order valence-corrected chi connectivity index (χ4v) is 4.08. The fraction of sp³-hybridized carbons (Fsp3) is 0.250. The van der Waals surface area contributed by atoms with E-state index in [-0.39, 0.29) is 24.1 Å². The van der Waals surface area contributed by atoms with Crippen molar-refractivity contribution in [3.63, 3.8) is 0 Å². The van der Waals surface area contributed by atoms with Gasteiger partial charge in [-0.05, 0) is 78.4 Å². The van der Waals surface area contributed by atoms with E-state index in [0.29, 0.717) is 24.4 Å². The summed E-state index contributed by atoms with van der Waals surface area (Å²) in [7, 11) is 0. The summed E-state index contributed by atoms with van der Waals surface area (Å²) in [6.07, 6.45) is 1.37. The first-order chi connectivity index (χ1) is 14.9. The van der Waals surface area contributed by atoms with Gasteiger partial charge >= 0.3 is 0 Å². The topological polar surface area (TPSA) is 74.0 Å². The molecule has 2 aromatic carbocycles. The molecule has 31 heavy (non-hydrogen) atoms. The summed E-state index contributed by atoms with van der Waals surface area (Å²) in [5.74, 6) is -0.585. The van der Waals surface area contributed by atoms with Gasteiger partial charge < -0.3 is 15.6 Å². The Bertz CT molecular complexity index is 1110. The quantitative estimate of drug-likeness (QED) is 0.533. The number of hydrogen-bond acceptors (Lipinski definition) is 2. The summed E-state index contributed by atoms with van der Waals surface area (Å²) in [4.78, 5) is 27.7. The van der Waals surface area contributed by atoms with E-state index >= 15 is 0 Å². The lowest BCUT2D eigenvalue weighted by molar-refractivity contribution is -0.127. The number of amides is 2. The zero-order valence-electron chi connectivity index (χ0n) is 17.1. The van der Waals surface area contributed by atoms with Crippen LogP contribution in [-0.4, -0.2) is 29.4 Å². The molecule has 0 saturated carbocycles. The Morgan fingerprint density at radius 3 is 2.39 bits per heavy atom. The van der Waals surface area contributed by atoms with Gasteiger partial charge in [0, 0.05) is 29.4 Å². The Kier molecular flexibility index (Phi) is 6.09. The van der Waals surface area contributed by atoms with Crippen LogP contribution < -0.4 is 10.6 Å².